The molecule has 2 heterocycles. The van der Waals surface area contributed by atoms with Crippen LogP contribution in [0, 0.1) is 6.92 Å². The molecule has 64 heavy (non-hydrogen) atoms. The molecule has 9 aromatic carbocycles. The Bertz CT molecular complexity index is 3540. The van der Waals surface area contributed by atoms with Crippen LogP contribution in [0.2, 0.25) is 0 Å². The van der Waals surface area contributed by atoms with Crippen molar-refractivity contribution in [2.24, 2.45) is 0 Å². The third-order valence-corrected chi connectivity index (χ3v) is 17.8. The Hall–Kier alpha value is -6.44. The Morgan fingerprint density at radius 1 is 0.328 bits per heavy atom. The largest absolute Gasteiger partial charge is 0.244 e. The summed E-state index contributed by atoms with van der Waals surface area (Å²) in [5, 5.41) is 5.81. The second kappa shape index (κ2) is 10.9. The normalized spacial score (nSPS) is 17.6. The number of hydrogen-bond acceptors (Lipinski definition) is 0. The summed E-state index contributed by atoms with van der Waals surface area (Å²) < 4.78 is 0. The van der Waals surface area contributed by atoms with Crippen LogP contribution in [-0.4, -0.2) is 6.71 Å². The summed E-state index contributed by atoms with van der Waals surface area (Å²) in [6, 6.07) is 53.1. The minimum absolute atomic E-state index is 0.0587. The van der Waals surface area contributed by atoms with Crippen LogP contribution in [0.5, 0.6) is 0 Å². The molecule has 0 N–H and O–H groups in total. The minimum atomic E-state index is -0.153. The number of rotatable bonds is 0. The van der Waals surface area contributed by atoms with Crippen molar-refractivity contribution in [3.63, 3.8) is 0 Å². The van der Waals surface area contributed by atoms with Gasteiger partial charge in [-0.25, -0.2) is 0 Å². The van der Waals surface area contributed by atoms with Gasteiger partial charge in [-0.05, 0) is 157 Å². The van der Waals surface area contributed by atoms with E-state index in [-0.39, 0.29) is 28.4 Å². The van der Waals surface area contributed by atoms with Crippen LogP contribution < -0.4 is 16.4 Å². The quantitative estimate of drug-likeness (QED) is 0.134. The average Bonchev–Trinajstić information content (AvgIpc) is 3.85. The minimum Gasteiger partial charge on any atom is -0.0619 e. The molecule has 0 radical (unpaired) electrons. The predicted molar refractivity (Wildman–Crippen MR) is 272 cm³/mol. The van der Waals surface area contributed by atoms with Gasteiger partial charge in [0, 0.05) is 21.7 Å². The molecule has 0 fully saturated rings. The summed E-state index contributed by atoms with van der Waals surface area (Å²) in [5.41, 5.74) is 33.9. The van der Waals surface area contributed by atoms with E-state index < -0.39 is 0 Å². The van der Waals surface area contributed by atoms with Gasteiger partial charge in [0.25, 0.3) is 0 Å². The van der Waals surface area contributed by atoms with Crippen LogP contribution in [0.4, 0.5) is 0 Å². The molecule has 0 saturated heterocycles. The lowest BCUT2D eigenvalue weighted by Crippen LogP contribution is -2.57. The van der Waals surface area contributed by atoms with Gasteiger partial charge >= 0.3 is 0 Å². The fourth-order valence-corrected chi connectivity index (χ4v) is 15.1. The smallest absolute Gasteiger partial charge is 0.0619 e. The predicted octanol–water partition coefficient (Wildman–Crippen LogP) is 14.0. The highest BCUT2D eigenvalue weighted by Gasteiger charge is 2.50. The molecular weight excluding hydrogens is 768 g/mol. The van der Waals surface area contributed by atoms with Crippen molar-refractivity contribution in [1.82, 2.24) is 0 Å². The molecule has 4 aliphatic carbocycles. The first-order chi connectivity index (χ1) is 30.7. The zero-order chi connectivity index (χ0) is 43.3. The Kier molecular flexibility index (Phi) is 6.13. The maximum Gasteiger partial charge on any atom is 0.244 e. The number of benzene rings is 9. The summed E-state index contributed by atoms with van der Waals surface area (Å²) in [4.78, 5) is 0. The van der Waals surface area contributed by atoms with Gasteiger partial charge in [0.2, 0.25) is 6.71 Å². The molecular formula is C63H49B. The number of aryl methyl sites for hydroxylation is 1. The second-order valence-electron chi connectivity index (χ2n) is 22.4. The van der Waals surface area contributed by atoms with E-state index in [0.29, 0.717) is 0 Å². The molecule has 304 valence electrons. The lowest BCUT2D eigenvalue weighted by molar-refractivity contribution is 0.657. The van der Waals surface area contributed by atoms with Crippen molar-refractivity contribution in [2.75, 3.05) is 0 Å². The highest BCUT2D eigenvalue weighted by molar-refractivity contribution is 7.01. The molecule has 0 unspecified atom stereocenters. The molecule has 9 aromatic rings. The third kappa shape index (κ3) is 3.77. The van der Waals surface area contributed by atoms with Gasteiger partial charge in [0.1, 0.15) is 0 Å². The Balaban J connectivity index is 1.20. The van der Waals surface area contributed by atoms with E-state index in [4.69, 9.17) is 0 Å². The Morgan fingerprint density at radius 2 is 0.688 bits per heavy atom. The fraction of sp³-hybridized carbons (Fsp3) is 0.206. The Morgan fingerprint density at radius 3 is 1.09 bits per heavy atom. The first-order valence-electron chi connectivity index (χ1n) is 23.6. The van der Waals surface area contributed by atoms with E-state index in [1.54, 1.807) is 0 Å². The van der Waals surface area contributed by atoms with Crippen LogP contribution in [0.3, 0.4) is 0 Å². The second-order valence-corrected chi connectivity index (χ2v) is 22.4. The van der Waals surface area contributed by atoms with E-state index in [9.17, 15) is 0 Å². The summed E-state index contributed by atoms with van der Waals surface area (Å²) in [6.07, 6.45) is 0. The van der Waals surface area contributed by atoms with Gasteiger partial charge in [-0.1, -0.05) is 193 Å². The lowest BCUT2D eigenvalue weighted by atomic mass is 9.30. The summed E-state index contributed by atoms with van der Waals surface area (Å²) in [5.74, 6) is 0. The monoisotopic (exact) mass is 816 g/mol. The molecule has 0 bridgehead atoms. The molecule has 0 nitrogen and oxygen atoms in total. The van der Waals surface area contributed by atoms with Crippen LogP contribution in [0.15, 0.2) is 133 Å². The molecule has 2 aliphatic heterocycles. The van der Waals surface area contributed by atoms with Gasteiger partial charge in [-0.3, -0.25) is 0 Å². The highest BCUT2D eigenvalue weighted by Crippen LogP contribution is 2.62. The first-order valence-corrected chi connectivity index (χ1v) is 23.6. The van der Waals surface area contributed by atoms with Crippen molar-refractivity contribution in [2.45, 2.75) is 84.0 Å². The van der Waals surface area contributed by atoms with Crippen LogP contribution >= 0.6 is 0 Å². The van der Waals surface area contributed by atoms with E-state index in [1.165, 1.54) is 155 Å². The van der Waals surface area contributed by atoms with Gasteiger partial charge in [0.15, 0.2) is 0 Å². The topological polar surface area (TPSA) is 0 Å². The van der Waals surface area contributed by atoms with Gasteiger partial charge in [-0.2, -0.15) is 0 Å². The van der Waals surface area contributed by atoms with Gasteiger partial charge < -0.3 is 0 Å². The van der Waals surface area contributed by atoms with Gasteiger partial charge in [0.05, 0.1) is 0 Å². The summed E-state index contributed by atoms with van der Waals surface area (Å²) in [7, 11) is 0. The molecule has 0 aromatic heterocycles. The summed E-state index contributed by atoms with van der Waals surface area (Å²) >= 11 is 0. The van der Waals surface area contributed by atoms with E-state index in [2.05, 4.69) is 196 Å². The van der Waals surface area contributed by atoms with Gasteiger partial charge in [-0.15, -0.1) is 0 Å². The van der Waals surface area contributed by atoms with E-state index >= 15 is 0 Å². The van der Waals surface area contributed by atoms with Crippen LogP contribution in [0.25, 0.3) is 88.3 Å². The molecule has 15 rings (SSSR count). The summed E-state index contributed by atoms with van der Waals surface area (Å²) in [6.45, 7) is 22.2. The van der Waals surface area contributed by atoms with Crippen molar-refractivity contribution in [3.05, 3.63) is 184 Å². The molecule has 0 spiro atoms. The molecule has 0 saturated carbocycles. The maximum atomic E-state index is 2.69. The van der Waals surface area contributed by atoms with Crippen LogP contribution in [0.1, 0.15) is 105 Å². The first kappa shape index (κ1) is 36.0. The third-order valence-electron chi connectivity index (χ3n) is 17.8. The average molecular weight is 817 g/mol. The van der Waals surface area contributed by atoms with Crippen molar-refractivity contribution in [3.8, 4) is 66.8 Å². The maximum absolute atomic E-state index is 2.69. The molecule has 0 atom stereocenters. The zero-order valence-electron chi connectivity index (χ0n) is 38.3. The number of hydrogen-bond donors (Lipinski definition) is 0. The Labute approximate surface area is 377 Å². The van der Waals surface area contributed by atoms with Crippen LogP contribution in [-0.2, 0) is 21.7 Å². The van der Waals surface area contributed by atoms with E-state index in [1.807, 2.05) is 0 Å². The SMILES string of the molecule is Cc1cc2c3c(c1)-c1c4c(cc5c6c(cc(c15)B3c1cc3c(c5cc7c(c-2c15)-c1ccccc1C7(C)C)C(C)(C)c1ccccc1-3)-c1ccccc1C6(C)C)C(C)(C)c1ccccc1-4. The molecule has 6 aliphatic rings. The lowest BCUT2D eigenvalue weighted by Gasteiger charge is -2.39. The zero-order valence-corrected chi connectivity index (χ0v) is 38.3. The standard InChI is InChI=1S/C63H49B/c1-32-26-41-55-51-35-20-12-16-24-45(35)60(2,3)47(51)28-39-53(55)49(30-37-33-18-10-14-22-43(33)62(6,7)57(37)39)64-50-31-38-34-19-11-15-23-44(34)63(8,9)58(38)40-29-48-52(56(54(40)50)42(27-32)59(41)64)36-21-13-17-25-46(36)61(48,4)5/h10-31H,1-9H3. The van der Waals surface area contributed by atoms with E-state index in [0.717, 1.165) is 0 Å². The fourth-order valence-electron chi connectivity index (χ4n) is 15.1. The highest BCUT2D eigenvalue weighted by atomic mass is 14.5. The van der Waals surface area contributed by atoms with Crippen molar-refractivity contribution < 1.29 is 0 Å². The number of fused-ring (bicyclic) bond motifs is 20. The molecule has 0 amide bonds. The van der Waals surface area contributed by atoms with Crippen molar-refractivity contribution in [1.29, 1.82) is 0 Å². The molecule has 1 heteroatoms. The van der Waals surface area contributed by atoms with Crippen molar-refractivity contribution >= 4 is 44.6 Å².